The van der Waals surface area contributed by atoms with E-state index in [1.165, 1.54) is 6.07 Å². The molecule has 1 saturated heterocycles. The fraction of sp³-hybridized carbons (Fsp3) is 0.235. The maximum atomic E-state index is 11.2. The molecule has 0 aliphatic carbocycles. The predicted molar refractivity (Wildman–Crippen MR) is 93.1 cm³/mol. The van der Waals surface area contributed by atoms with E-state index in [1.807, 2.05) is 30.3 Å². The van der Waals surface area contributed by atoms with Crippen LogP contribution >= 0.6 is 0 Å². The molecule has 6 nitrogen and oxygen atoms in total. The van der Waals surface area contributed by atoms with Gasteiger partial charge in [-0.15, -0.1) is 0 Å². The molecule has 6 heteroatoms. The molecule has 0 spiro atoms. The van der Waals surface area contributed by atoms with Crippen LogP contribution in [0.2, 0.25) is 0 Å². The second kappa shape index (κ2) is 6.08. The molecule has 3 rings (SSSR count). The molecule has 23 heavy (non-hydrogen) atoms. The van der Waals surface area contributed by atoms with Crippen LogP contribution in [0.25, 0.3) is 0 Å². The molecule has 2 aromatic rings. The SMILES string of the molecule is Nc1cccc(N2CCN(c3cccc(C(=O)O)c3N)CC2)c1. The number of hydrogen-bond acceptors (Lipinski definition) is 5. The van der Waals surface area contributed by atoms with Gasteiger partial charge < -0.3 is 26.4 Å². The molecule has 1 fully saturated rings. The Bertz CT molecular complexity index is 724. The van der Waals surface area contributed by atoms with E-state index in [0.717, 1.165) is 43.2 Å². The third-order valence-electron chi connectivity index (χ3n) is 4.17. The third-order valence-corrected chi connectivity index (χ3v) is 4.17. The number of nitrogens with zero attached hydrogens (tertiary/aromatic N) is 2. The molecule has 5 N–H and O–H groups in total. The van der Waals surface area contributed by atoms with E-state index in [1.54, 1.807) is 6.07 Å². The molecule has 0 amide bonds. The molecular weight excluding hydrogens is 292 g/mol. The quantitative estimate of drug-likeness (QED) is 0.749. The number of carboxylic acid groups (broad SMARTS) is 1. The minimum absolute atomic E-state index is 0.153. The normalized spacial score (nSPS) is 14.8. The summed E-state index contributed by atoms with van der Waals surface area (Å²) in [6, 6.07) is 13.0. The van der Waals surface area contributed by atoms with E-state index in [4.69, 9.17) is 11.5 Å². The minimum atomic E-state index is -0.997. The zero-order valence-corrected chi connectivity index (χ0v) is 12.8. The Morgan fingerprint density at radius 2 is 1.61 bits per heavy atom. The van der Waals surface area contributed by atoms with Gasteiger partial charge in [0.1, 0.15) is 0 Å². The van der Waals surface area contributed by atoms with Gasteiger partial charge in [0.15, 0.2) is 0 Å². The van der Waals surface area contributed by atoms with Gasteiger partial charge in [0, 0.05) is 37.6 Å². The molecule has 1 heterocycles. The van der Waals surface area contributed by atoms with Crippen molar-refractivity contribution >= 4 is 28.7 Å². The number of carbonyl (C=O) groups is 1. The number of para-hydroxylation sites is 1. The van der Waals surface area contributed by atoms with Crippen molar-refractivity contribution in [3.8, 4) is 0 Å². The summed E-state index contributed by atoms with van der Waals surface area (Å²) in [6.07, 6.45) is 0. The average Bonchev–Trinajstić information content (AvgIpc) is 2.55. The highest BCUT2D eigenvalue weighted by molar-refractivity contribution is 5.97. The van der Waals surface area contributed by atoms with Gasteiger partial charge in [-0.25, -0.2) is 4.79 Å². The number of piperazine rings is 1. The van der Waals surface area contributed by atoms with E-state index < -0.39 is 5.97 Å². The summed E-state index contributed by atoms with van der Waals surface area (Å²) in [5.74, 6) is -0.997. The molecule has 0 atom stereocenters. The lowest BCUT2D eigenvalue weighted by Crippen LogP contribution is -2.46. The average molecular weight is 312 g/mol. The summed E-state index contributed by atoms with van der Waals surface area (Å²) in [7, 11) is 0. The number of nitrogen functional groups attached to an aromatic ring is 2. The predicted octanol–water partition coefficient (Wildman–Crippen LogP) is 1.88. The lowest BCUT2D eigenvalue weighted by Gasteiger charge is -2.38. The van der Waals surface area contributed by atoms with Gasteiger partial charge in [0.05, 0.1) is 16.9 Å². The van der Waals surface area contributed by atoms with E-state index in [2.05, 4.69) is 9.80 Å². The number of anilines is 4. The molecule has 1 aliphatic heterocycles. The highest BCUT2D eigenvalue weighted by Crippen LogP contribution is 2.28. The van der Waals surface area contributed by atoms with Crippen LogP contribution in [0.15, 0.2) is 42.5 Å². The van der Waals surface area contributed by atoms with Crippen molar-refractivity contribution < 1.29 is 9.90 Å². The van der Waals surface area contributed by atoms with E-state index >= 15 is 0 Å². The molecule has 1 aliphatic rings. The maximum Gasteiger partial charge on any atom is 0.337 e. The van der Waals surface area contributed by atoms with Crippen LogP contribution in [0.3, 0.4) is 0 Å². The van der Waals surface area contributed by atoms with E-state index in [9.17, 15) is 9.90 Å². The van der Waals surface area contributed by atoms with Gasteiger partial charge in [-0.3, -0.25) is 0 Å². The first-order chi connectivity index (χ1) is 11.1. The van der Waals surface area contributed by atoms with Crippen LogP contribution in [-0.2, 0) is 0 Å². The van der Waals surface area contributed by atoms with Gasteiger partial charge >= 0.3 is 5.97 Å². The first kappa shape index (κ1) is 15.0. The summed E-state index contributed by atoms with van der Waals surface area (Å²) in [5.41, 5.74) is 15.0. The summed E-state index contributed by atoms with van der Waals surface area (Å²) in [4.78, 5) is 15.6. The lowest BCUT2D eigenvalue weighted by molar-refractivity contribution is 0.0698. The molecule has 0 radical (unpaired) electrons. The summed E-state index contributed by atoms with van der Waals surface area (Å²) < 4.78 is 0. The van der Waals surface area contributed by atoms with Crippen LogP contribution in [0, 0.1) is 0 Å². The fourth-order valence-electron chi connectivity index (χ4n) is 2.94. The van der Waals surface area contributed by atoms with Crippen molar-refractivity contribution in [1.82, 2.24) is 0 Å². The smallest absolute Gasteiger partial charge is 0.337 e. The molecule has 0 unspecified atom stereocenters. The Labute approximate surface area is 134 Å². The largest absolute Gasteiger partial charge is 0.478 e. The van der Waals surface area contributed by atoms with Gasteiger partial charge in [-0.1, -0.05) is 12.1 Å². The van der Waals surface area contributed by atoms with E-state index in [0.29, 0.717) is 5.69 Å². The molecule has 0 bridgehead atoms. The Morgan fingerprint density at radius 1 is 0.957 bits per heavy atom. The van der Waals surface area contributed by atoms with Crippen LogP contribution in [0.4, 0.5) is 22.7 Å². The van der Waals surface area contributed by atoms with Gasteiger partial charge in [-0.2, -0.15) is 0 Å². The van der Waals surface area contributed by atoms with Crippen molar-refractivity contribution in [3.05, 3.63) is 48.0 Å². The molecule has 120 valence electrons. The Kier molecular flexibility index (Phi) is 3.97. The molecule has 2 aromatic carbocycles. The molecule has 0 saturated carbocycles. The summed E-state index contributed by atoms with van der Waals surface area (Å²) in [5, 5.41) is 9.19. The highest BCUT2D eigenvalue weighted by Gasteiger charge is 2.21. The molecular formula is C17H20N4O2. The Morgan fingerprint density at radius 3 is 2.26 bits per heavy atom. The standard InChI is InChI=1S/C17H20N4O2/c18-12-3-1-4-13(11-12)20-7-9-21(10-8-20)15-6-2-5-14(16(15)19)17(22)23/h1-6,11H,7-10,18-19H2,(H,22,23). The second-order valence-electron chi connectivity index (χ2n) is 5.61. The number of rotatable bonds is 3. The minimum Gasteiger partial charge on any atom is -0.478 e. The van der Waals surface area contributed by atoms with Crippen molar-refractivity contribution in [2.75, 3.05) is 47.4 Å². The zero-order valence-electron chi connectivity index (χ0n) is 12.8. The first-order valence-electron chi connectivity index (χ1n) is 7.53. The van der Waals surface area contributed by atoms with Crippen LogP contribution in [-0.4, -0.2) is 37.3 Å². The van der Waals surface area contributed by atoms with Crippen molar-refractivity contribution in [2.24, 2.45) is 0 Å². The van der Waals surface area contributed by atoms with Gasteiger partial charge in [-0.05, 0) is 30.3 Å². The van der Waals surface area contributed by atoms with Gasteiger partial charge in [0.25, 0.3) is 0 Å². The van der Waals surface area contributed by atoms with Crippen LogP contribution in [0.5, 0.6) is 0 Å². The fourth-order valence-corrected chi connectivity index (χ4v) is 2.94. The number of nitrogens with two attached hydrogens (primary N) is 2. The number of carboxylic acids is 1. The lowest BCUT2D eigenvalue weighted by atomic mass is 10.1. The number of aromatic carboxylic acids is 1. The first-order valence-corrected chi connectivity index (χ1v) is 7.53. The van der Waals surface area contributed by atoms with Crippen LogP contribution < -0.4 is 21.3 Å². The zero-order chi connectivity index (χ0) is 16.4. The third kappa shape index (κ3) is 3.01. The van der Waals surface area contributed by atoms with E-state index in [-0.39, 0.29) is 5.56 Å². The van der Waals surface area contributed by atoms with Crippen molar-refractivity contribution in [3.63, 3.8) is 0 Å². The Balaban J connectivity index is 1.75. The topological polar surface area (TPSA) is 95.8 Å². The van der Waals surface area contributed by atoms with Crippen LogP contribution in [0.1, 0.15) is 10.4 Å². The van der Waals surface area contributed by atoms with Crippen molar-refractivity contribution in [1.29, 1.82) is 0 Å². The number of benzene rings is 2. The monoisotopic (exact) mass is 312 g/mol. The highest BCUT2D eigenvalue weighted by atomic mass is 16.4. The summed E-state index contributed by atoms with van der Waals surface area (Å²) >= 11 is 0. The maximum absolute atomic E-state index is 11.2. The molecule has 0 aromatic heterocycles. The van der Waals surface area contributed by atoms with Crippen molar-refractivity contribution in [2.45, 2.75) is 0 Å². The summed E-state index contributed by atoms with van der Waals surface area (Å²) in [6.45, 7) is 3.23. The Hall–Kier alpha value is -2.89. The van der Waals surface area contributed by atoms with Gasteiger partial charge in [0.2, 0.25) is 0 Å². The number of hydrogen-bond donors (Lipinski definition) is 3. The second-order valence-corrected chi connectivity index (χ2v) is 5.61.